The Hall–Kier alpha value is -1.06. The van der Waals surface area contributed by atoms with E-state index in [0.717, 1.165) is 31.6 Å². The van der Waals surface area contributed by atoms with Crippen molar-refractivity contribution in [3.63, 3.8) is 0 Å². The van der Waals surface area contributed by atoms with Gasteiger partial charge in [0.15, 0.2) is 0 Å². The van der Waals surface area contributed by atoms with E-state index in [9.17, 15) is 0 Å². The zero-order valence-electron chi connectivity index (χ0n) is 13.0. The van der Waals surface area contributed by atoms with Gasteiger partial charge >= 0.3 is 0 Å². The van der Waals surface area contributed by atoms with Crippen LogP contribution in [0.3, 0.4) is 0 Å². The Kier molecular flexibility index (Phi) is 4.51. The molecule has 2 aliphatic rings. The minimum atomic E-state index is 0.209. The molecule has 1 aromatic carbocycles. The molecule has 1 saturated carbocycles. The highest BCUT2D eigenvalue weighted by atomic mass is 16.5. The molecule has 0 aromatic heterocycles. The first kappa shape index (κ1) is 14.9. The third-order valence-corrected chi connectivity index (χ3v) is 5.33. The minimum Gasteiger partial charge on any atom is -0.497 e. The van der Waals surface area contributed by atoms with Crippen LogP contribution in [-0.4, -0.2) is 25.4 Å². The number of aryl methyl sites for hydroxylation is 1. The molecule has 2 fully saturated rings. The lowest BCUT2D eigenvalue weighted by atomic mass is 9.70. The van der Waals surface area contributed by atoms with Crippen molar-refractivity contribution in [1.82, 2.24) is 0 Å². The van der Waals surface area contributed by atoms with Gasteiger partial charge in [0.25, 0.3) is 0 Å². The first-order chi connectivity index (χ1) is 10.2. The summed E-state index contributed by atoms with van der Waals surface area (Å²) in [5, 5.41) is 0. The Morgan fingerprint density at radius 2 is 2.10 bits per heavy atom. The molecular formula is C18H27NO2. The van der Waals surface area contributed by atoms with Gasteiger partial charge < -0.3 is 15.2 Å². The minimum absolute atomic E-state index is 0.209. The van der Waals surface area contributed by atoms with Crippen LogP contribution in [0.25, 0.3) is 0 Å². The van der Waals surface area contributed by atoms with E-state index in [1.165, 1.54) is 31.2 Å². The number of hydrogen-bond acceptors (Lipinski definition) is 3. The van der Waals surface area contributed by atoms with E-state index in [2.05, 4.69) is 12.1 Å². The number of nitrogens with two attached hydrogens (primary N) is 1. The first-order valence-corrected chi connectivity index (χ1v) is 8.23. The second-order valence-corrected chi connectivity index (χ2v) is 6.69. The van der Waals surface area contributed by atoms with Crippen LogP contribution in [0.15, 0.2) is 24.3 Å². The fourth-order valence-electron chi connectivity index (χ4n) is 3.71. The zero-order valence-corrected chi connectivity index (χ0v) is 13.0. The van der Waals surface area contributed by atoms with Crippen molar-refractivity contribution in [1.29, 1.82) is 0 Å². The smallest absolute Gasteiger partial charge is 0.118 e. The van der Waals surface area contributed by atoms with E-state index in [1.54, 1.807) is 7.11 Å². The summed E-state index contributed by atoms with van der Waals surface area (Å²) in [5.74, 6) is 1.55. The predicted octanol–water partition coefficient (Wildman–Crippen LogP) is 3.30. The quantitative estimate of drug-likeness (QED) is 0.904. The van der Waals surface area contributed by atoms with E-state index in [1.807, 2.05) is 12.1 Å². The molecule has 3 nitrogen and oxygen atoms in total. The summed E-state index contributed by atoms with van der Waals surface area (Å²) < 4.78 is 11.2. The van der Waals surface area contributed by atoms with Crippen molar-refractivity contribution >= 4 is 0 Å². The van der Waals surface area contributed by atoms with Crippen molar-refractivity contribution in [2.75, 3.05) is 13.7 Å². The molecule has 3 heteroatoms. The second kappa shape index (κ2) is 6.37. The van der Waals surface area contributed by atoms with Crippen LogP contribution >= 0.6 is 0 Å². The maximum atomic E-state index is 6.47. The van der Waals surface area contributed by atoms with Gasteiger partial charge in [0, 0.05) is 12.6 Å². The largest absolute Gasteiger partial charge is 0.497 e. The van der Waals surface area contributed by atoms with Crippen molar-refractivity contribution in [3.8, 4) is 5.75 Å². The summed E-state index contributed by atoms with van der Waals surface area (Å²) in [5.41, 5.74) is 8.03. The molecule has 116 valence electrons. The topological polar surface area (TPSA) is 44.5 Å². The Labute approximate surface area is 127 Å². The third-order valence-electron chi connectivity index (χ3n) is 5.33. The molecule has 21 heavy (non-hydrogen) atoms. The van der Waals surface area contributed by atoms with Crippen LogP contribution in [0.2, 0.25) is 0 Å². The standard InChI is InChI=1S/C18H27NO2/c1-20-16-6-3-14(4-7-16)5-8-17(19)15-9-12-21-18(13-15)10-2-11-18/h3-4,6-7,15,17H,2,5,8-13,19H2,1H3. The lowest BCUT2D eigenvalue weighted by Crippen LogP contribution is -2.49. The molecule has 2 N–H and O–H groups in total. The number of hydrogen-bond donors (Lipinski definition) is 1. The first-order valence-electron chi connectivity index (χ1n) is 8.23. The van der Waals surface area contributed by atoms with Gasteiger partial charge in [-0.25, -0.2) is 0 Å². The normalized spacial score (nSPS) is 25.3. The van der Waals surface area contributed by atoms with E-state index in [-0.39, 0.29) is 5.60 Å². The fourth-order valence-corrected chi connectivity index (χ4v) is 3.71. The van der Waals surface area contributed by atoms with E-state index < -0.39 is 0 Å². The maximum Gasteiger partial charge on any atom is 0.118 e. The molecule has 1 aromatic rings. The summed E-state index contributed by atoms with van der Waals surface area (Å²) in [6.45, 7) is 0.904. The number of benzene rings is 1. The molecule has 1 aliphatic carbocycles. The molecule has 0 bridgehead atoms. The van der Waals surface area contributed by atoms with E-state index >= 15 is 0 Å². The summed E-state index contributed by atoms with van der Waals surface area (Å²) in [7, 11) is 1.70. The van der Waals surface area contributed by atoms with Crippen LogP contribution in [0.5, 0.6) is 5.75 Å². The monoisotopic (exact) mass is 289 g/mol. The summed E-state index contributed by atoms with van der Waals surface area (Å²) in [6.07, 6.45) is 8.24. The molecule has 1 aliphatic heterocycles. The molecule has 1 saturated heterocycles. The molecule has 0 radical (unpaired) electrons. The fraction of sp³-hybridized carbons (Fsp3) is 0.667. The Bertz CT molecular complexity index is 453. The second-order valence-electron chi connectivity index (χ2n) is 6.69. The molecule has 0 amide bonds. The maximum absolute atomic E-state index is 6.47. The van der Waals surface area contributed by atoms with Crippen molar-refractivity contribution in [2.24, 2.45) is 11.7 Å². The summed E-state index contributed by atoms with van der Waals surface area (Å²) in [6, 6.07) is 8.64. The molecule has 2 atom stereocenters. The lowest BCUT2D eigenvalue weighted by molar-refractivity contribution is -0.146. The van der Waals surface area contributed by atoms with Gasteiger partial charge in [-0.05, 0) is 68.6 Å². The third kappa shape index (κ3) is 3.41. The predicted molar refractivity (Wildman–Crippen MR) is 84.5 cm³/mol. The lowest BCUT2D eigenvalue weighted by Gasteiger charge is -2.48. The number of methoxy groups -OCH3 is 1. The summed E-state index contributed by atoms with van der Waals surface area (Å²) in [4.78, 5) is 0. The number of rotatable bonds is 5. The average molecular weight is 289 g/mol. The van der Waals surface area contributed by atoms with Crippen molar-refractivity contribution in [3.05, 3.63) is 29.8 Å². The number of ether oxygens (including phenoxy) is 2. The van der Waals surface area contributed by atoms with Gasteiger partial charge in [-0.3, -0.25) is 0 Å². The Morgan fingerprint density at radius 1 is 1.33 bits per heavy atom. The van der Waals surface area contributed by atoms with Gasteiger partial charge in [0.2, 0.25) is 0 Å². The average Bonchev–Trinajstić information content (AvgIpc) is 2.51. The highest BCUT2D eigenvalue weighted by molar-refractivity contribution is 5.27. The summed E-state index contributed by atoms with van der Waals surface area (Å²) >= 11 is 0. The van der Waals surface area contributed by atoms with Gasteiger partial charge in [-0.1, -0.05) is 12.1 Å². The van der Waals surface area contributed by atoms with Crippen molar-refractivity contribution in [2.45, 2.75) is 56.6 Å². The zero-order chi connectivity index (χ0) is 14.7. The Balaban J connectivity index is 1.49. The molecule has 1 heterocycles. The molecular weight excluding hydrogens is 262 g/mol. The SMILES string of the molecule is COc1ccc(CCC(N)C2CCOC3(CCC3)C2)cc1. The van der Waals surface area contributed by atoms with Crippen LogP contribution in [0.4, 0.5) is 0 Å². The van der Waals surface area contributed by atoms with Gasteiger partial charge in [0.1, 0.15) is 5.75 Å². The van der Waals surface area contributed by atoms with Gasteiger partial charge in [-0.2, -0.15) is 0 Å². The van der Waals surface area contributed by atoms with Gasteiger partial charge in [0.05, 0.1) is 12.7 Å². The van der Waals surface area contributed by atoms with Crippen LogP contribution in [0, 0.1) is 5.92 Å². The van der Waals surface area contributed by atoms with E-state index in [0.29, 0.717) is 12.0 Å². The van der Waals surface area contributed by atoms with Gasteiger partial charge in [-0.15, -0.1) is 0 Å². The van der Waals surface area contributed by atoms with Crippen molar-refractivity contribution < 1.29 is 9.47 Å². The Morgan fingerprint density at radius 3 is 2.71 bits per heavy atom. The van der Waals surface area contributed by atoms with E-state index in [4.69, 9.17) is 15.2 Å². The van der Waals surface area contributed by atoms with Crippen LogP contribution in [-0.2, 0) is 11.2 Å². The molecule has 1 spiro atoms. The highest BCUT2D eigenvalue weighted by Gasteiger charge is 2.43. The van der Waals surface area contributed by atoms with Crippen LogP contribution < -0.4 is 10.5 Å². The van der Waals surface area contributed by atoms with Crippen LogP contribution in [0.1, 0.15) is 44.1 Å². The molecule has 2 unspecified atom stereocenters. The molecule has 3 rings (SSSR count). The highest BCUT2D eigenvalue weighted by Crippen LogP contribution is 2.45.